The number of benzene rings is 3. The average Bonchev–Trinajstić information content (AvgIpc) is 3.33. The average molecular weight is 392 g/mol. The molecule has 0 saturated heterocycles. The van der Waals surface area contributed by atoms with Crippen molar-refractivity contribution >= 4 is 49.8 Å². The van der Waals surface area contributed by atoms with E-state index in [2.05, 4.69) is 11.5 Å². The van der Waals surface area contributed by atoms with Gasteiger partial charge < -0.3 is 0 Å². The number of nitrogens with zero attached hydrogens (tertiary/aromatic N) is 4. The third-order valence-corrected chi connectivity index (χ3v) is 5.52. The summed E-state index contributed by atoms with van der Waals surface area (Å²) in [6, 6.07) is 25.7. The summed E-state index contributed by atoms with van der Waals surface area (Å²) in [7, 11) is 0. The fourth-order valence-corrected chi connectivity index (χ4v) is 4.03. The summed E-state index contributed by atoms with van der Waals surface area (Å²) in [6.45, 7) is 0. The van der Waals surface area contributed by atoms with Gasteiger partial charge in [-0.1, -0.05) is 65.4 Å². The quantitative estimate of drug-likeness (QED) is 0.530. The van der Waals surface area contributed by atoms with E-state index < -0.39 is 0 Å². The molecule has 1 aromatic heterocycles. The van der Waals surface area contributed by atoms with Crippen LogP contribution in [-0.4, -0.2) is 10.8 Å². The summed E-state index contributed by atoms with van der Waals surface area (Å²) in [5.41, 5.74) is 6.06. The Morgan fingerprint density at radius 1 is 0.852 bits per heavy atom. The second-order valence-electron chi connectivity index (χ2n) is 5.94. The van der Waals surface area contributed by atoms with Gasteiger partial charge >= 0.3 is 0 Å². The van der Waals surface area contributed by atoms with Crippen LogP contribution < -0.4 is 15.7 Å². The minimum absolute atomic E-state index is 0.642. The van der Waals surface area contributed by atoms with Crippen molar-refractivity contribution in [2.45, 2.75) is 0 Å². The number of hydrazine groups is 2. The SMILES string of the molecule is Clc1ccccc1C1=NN(c2ccccc2)N(c2nc3ccccc3s2)N1. The first-order valence-corrected chi connectivity index (χ1v) is 9.60. The summed E-state index contributed by atoms with van der Waals surface area (Å²) in [6.07, 6.45) is 0. The first kappa shape index (κ1) is 16.1. The lowest BCUT2D eigenvalue weighted by Crippen LogP contribution is -2.44. The van der Waals surface area contributed by atoms with Gasteiger partial charge in [0.1, 0.15) is 0 Å². The Hall–Kier alpha value is -3.09. The van der Waals surface area contributed by atoms with Crippen LogP contribution in [0.5, 0.6) is 0 Å². The van der Waals surface area contributed by atoms with E-state index in [0.717, 1.165) is 26.6 Å². The monoisotopic (exact) mass is 391 g/mol. The van der Waals surface area contributed by atoms with Gasteiger partial charge in [-0.15, -0.1) is 15.3 Å². The Balaban J connectivity index is 1.60. The second kappa shape index (κ2) is 6.57. The molecule has 1 aliphatic rings. The van der Waals surface area contributed by atoms with Crippen LogP contribution in [-0.2, 0) is 0 Å². The molecule has 132 valence electrons. The van der Waals surface area contributed by atoms with E-state index in [0.29, 0.717) is 10.9 Å². The number of hydrazone groups is 1. The molecule has 2 heterocycles. The van der Waals surface area contributed by atoms with E-state index in [9.17, 15) is 0 Å². The molecular weight excluding hydrogens is 378 g/mol. The lowest BCUT2D eigenvalue weighted by atomic mass is 10.2. The van der Waals surface area contributed by atoms with Gasteiger partial charge in [-0.05, 0) is 36.4 Å². The van der Waals surface area contributed by atoms with E-state index in [1.165, 1.54) is 0 Å². The fourth-order valence-electron chi connectivity index (χ4n) is 2.89. The van der Waals surface area contributed by atoms with Gasteiger partial charge in [-0.3, -0.25) is 5.43 Å². The van der Waals surface area contributed by atoms with E-state index >= 15 is 0 Å². The molecule has 27 heavy (non-hydrogen) atoms. The zero-order valence-electron chi connectivity index (χ0n) is 14.1. The summed E-state index contributed by atoms with van der Waals surface area (Å²) >= 11 is 7.98. The van der Waals surface area contributed by atoms with Gasteiger partial charge in [0.05, 0.1) is 20.9 Å². The summed E-state index contributed by atoms with van der Waals surface area (Å²) in [4.78, 5) is 4.75. The number of anilines is 2. The fraction of sp³-hybridized carbons (Fsp3) is 0. The van der Waals surface area contributed by atoms with Crippen LogP contribution in [0.25, 0.3) is 10.2 Å². The predicted octanol–water partition coefficient (Wildman–Crippen LogP) is 5.06. The van der Waals surface area contributed by atoms with Gasteiger partial charge in [-0.25, -0.2) is 4.98 Å². The van der Waals surface area contributed by atoms with Crippen LogP contribution >= 0.6 is 22.9 Å². The lowest BCUT2D eigenvalue weighted by molar-refractivity contribution is 0.768. The molecule has 0 saturated carbocycles. The van der Waals surface area contributed by atoms with E-state index in [-0.39, 0.29) is 0 Å². The standard InChI is InChI=1S/C20H14ClN5S/c21-16-11-5-4-10-15(16)19-23-25(14-8-2-1-3-9-14)26(24-19)20-22-17-12-6-7-13-18(17)27-20/h1-13H,(H,23,24). The number of amidine groups is 1. The van der Waals surface area contributed by atoms with Crippen molar-refractivity contribution in [3.8, 4) is 0 Å². The maximum Gasteiger partial charge on any atom is 0.228 e. The number of halogens is 1. The molecule has 0 amide bonds. The van der Waals surface area contributed by atoms with Crippen molar-refractivity contribution in [2.75, 3.05) is 10.2 Å². The number of rotatable bonds is 3. The van der Waals surface area contributed by atoms with Gasteiger partial charge in [0.25, 0.3) is 0 Å². The first-order valence-electron chi connectivity index (χ1n) is 8.40. The molecule has 4 aromatic rings. The number of hydrogen-bond acceptors (Lipinski definition) is 6. The molecular formula is C20H14ClN5S. The molecule has 1 N–H and O–H groups in total. The topological polar surface area (TPSA) is 43.8 Å². The molecule has 3 aromatic carbocycles. The maximum atomic E-state index is 6.39. The predicted molar refractivity (Wildman–Crippen MR) is 112 cm³/mol. The van der Waals surface area contributed by atoms with Gasteiger partial charge in [0, 0.05) is 5.56 Å². The minimum atomic E-state index is 0.642. The van der Waals surface area contributed by atoms with Crippen LogP contribution in [0, 0.1) is 0 Å². The van der Waals surface area contributed by atoms with Crippen molar-refractivity contribution in [3.05, 3.63) is 89.4 Å². The van der Waals surface area contributed by atoms with Crippen molar-refractivity contribution in [3.63, 3.8) is 0 Å². The number of hydrogen-bond donors (Lipinski definition) is 1. The van der Waals surface area contributed by atoms with Crippen LogP contribution in [0.4, 0.5) is 10.8 Å². The number of para-hydroxylation sites is 2. The number of thiazole rings is 1. The Bertz CT molecular complexity index is 1110. The van der Waals surface area contributed by atoms with Crippen LogP contribution in [0.15, 0.2) is 84.0 Å². The largest absolute Gasteiger partial charge is 0.256 e. The van der Waals surface area contributed by atoms with Gasteiger partial charge in [0.15, 0.2) is 5.84 Å². The molecule has 0 radical (unpaired) electrons. The first-order chi connectivity index (χ1) is 13.3. The third kappa shape index (κ3) is 2.89. The normalized spacial score (nSPS) is 13.7. The van der Waals surface area contributed by atoms with Crippen LogP contribution in [0.1, 0.15) is 5.56 Å². The summed E-state index contributed by atoms with van der Waals surface area (Å²) in [5, 5.41) is 9.85. The molecule has 5 nitrogen and oxygen atoms in total. The van der Waals surface area contributed by atoms with Crippen molar-refractivity contribution in [2.24, 2.45) is 5.10 Å². The number of aromatic nitrogens is 1. The Kier molecular flexibility index (Phi) is 3.92. The minimum Gasteiger partial charge on any atom is -0.256 e. The molecule has 0 unspecified atom stereocenters. The molecule has 0 spiro atoms. The molecule has 1 aliphatic heterocycles. The molecule has 0 bridgehead atoms. The van der Waals surface area contributed by atoms with Crippen molar-refractivity contribution in [1.29, 1.82) is 0 Å². The molecule has 5 rings (SSSR count). The number of fused-ring (bicyclic) bond motifs is 1. The van der Waals surface area contributed by atoms with Gasteiger partial charge in [0.2, 0.25) is 5.13 Å². The summed E-state index contributed by atoms with van der Waals surface area (Å²) in [5.74, 6) is 0.670. The van der Waals surface area contributed by atoms with E-state index in [4.69, 9.17) is 21.7 Å². The maximum absolute atomic E-state index is 6.39. The highest BCUT2D eigenvalue weighted by Crippen LogP contribution is 2.32. The van der Waals surface area contributed by atoms with E-state index in [1.54, 1.807) is 16.5 Å². The zero-order valence-corrected chi connectivity index (χ0v) is 15.7. The molecule has 0 aliphatic carbocycles. The van der Waals surface area contributed by atoms with Crippen molar-refractivity contribution in [1.82, 2.24) is 10.4 Å². The highest BCUT2D eigenvalue weighted by atomic mass is 35.5. The second-order valence-corrected chi connectivity index (χ2v) is 7.36. The zero-order chi connectivity index (χ0) is 18.2. The Morgan fingerprint density at radius 2 is 1.59 bits per heavy atom. The summed E-state index contributed by atoms with van der Waals surface area (Å²) < 4.78 is 1.12. The van der Waals surface area contributed by atoms with Gasteiger partial charge in [-0.2, -0.15) is 0 Å². The molecule has 7 heteroatoms. The Labute approximate surface area is 165 Å². The highest BCUT2D eigenvalue weighted by Gasteiger charge is 2.29. The highest BCUT2D eigenvalue weighted by molar-refractivity contribution is 7.22. The van der Waals surface area contributed by atoms with Crippen LogP contribution in [0.2, 0.25) is 5.02 Å². The van der Waals surface area contributed by atoms with E-state index in [1.807, 2.05) is 77.9 Å². The lowest BCUT2D eigenvalue weighted by Gasteiger charge is -2.25. The molecule has 0 atom stereocenters. The smallest absolute Gasteiger partial charge is 0.228 e. The Morgan fingerprint density at radius 3 is 2.41 bits per heavy atom. The third-order valence-electron chi connectivity index (χ3n) is 4.18. The number of nitrogens with one attached hydrogen (secondary N) is 1. The molecule has 0 fully saturated rings. The van der Waals surface area contributed by atoms with Crippen LogP contribution in [0.3, 0.4) is 0 Å². The van der Waals surface area contributed by atoms with Crippen molar-refractivity contribution < 1.29 is 0 Å².